The van der Waals surface area contributed by atoms with E-state index in [0.717, 1.165) is 37.2 Å². The normalized spacial score (nSPS) is 23.9. The third-order valence-electron chi connectivity index (χ3n) is 3.83. The summed E-state index contributed by atoms with van der Waals surface area (Å²) >= 11 is 0. The number of aryl methyl sites for hydroxylation is 1. The Kier molecular flexibility index (Phi) is 3.07. The van der Waals surface area contributed by atoms with Crippen LogP contribution in [-0.2, 0) is 7.05 Å². The largest absolute Gasteiger partial charge is 0.348 e. The van der Waals surface area contributed by atoms with Gasteiger partial charge in [-0.25, -0.2) is 0 Å². The van der Waals surface area contributed by atoms with Crippen LogP contribution in [0, 0.1) is 0 Å². The number of aromatic nitrogens is 2. The first-order chi connectivity index (χ1) is 8.75. The molecule has 0 radical (unpaired) electrons. The Morgan fingerprint density at radius 3 is 3.00 bits per heavy atom. The van der Waals surface area contributed by atoms with Crippen LogP contribution >= 0.6 is 0 Å². The van der Waals surface area contributed by atoms with E-state index in [0.29, 0.717) is 5.92 Å². The summed E-state index contributed by atoms with van der Waals surface area (Å²) in [5.41, 5.74) is 1.88. The Balaban J connectivity index is 1.71. The second-order valence-corrected chi connectivity index (χ2v) is 5.36. The van der Waals surface area contributed by atoms with Crippen molar-refractivity contribution in [3.63, 3.8) is 0 Å². The van der Waals surface area contributed by atoms with Gasteiger partial charge in [-0.15, -0.1) is 0 Å². The molecule has 5 nitrogen and oxygen atoms in total. The summed E-state index contributed by atoms with van der Waals surface area (Å²) in [5, 5.41) is 10.7. The van der Waals surface area contributed by atoms with Crippen molar-refractivity contribution >= 4 is 5.91 Å². The van der Waals surface area contributed by atoms with Gasteiger partial charge in [-0.2, -0.15) is 5.10 Å². The van der Waals surface area contributed by atoms with E-state index in [2.05, 4.69) is 15.7 Å². The molecule has 0 spiro atoms. The highest BCUT2D eigenvalue weighted by molar-refractivity contribution is 5.95. The van der Waals surface area contributed by atoms with Crippen molar-refractivity contribution in [3.05, 3.63) is 17.5 Å². The van der Waals surface area contributed by atoms with Gasteiger partial charge in [-0.3, -0.25) is 9.48 Å². The molecule has 2 N–H and O–H groups in total. The fourth-order valence-corrected chi connectivity index (χ4v) is 2.70. The van der Waals surface area contributed by atoms with Gasteiger partial charge in [0.15, 0.2) is 0 Å². The Hall–Kier alpha value is -1.36. The number of amides is 1. The summed E-state index contributed by atoms with van der Waals surface area (Å²) < 4.78 is 1.85. The SMILES string of the molecule is Cn1ncc(C(=O)N[C@H]2CCCNC2)c1C1CC1. The molecule has 1 aromatic rings. The zero-order chi connectivity index (χ0) is 12.5. The lowest BCUT2D eigenvalue weighted by atomic mass is 10.1. The average Bonchev–Trinajstić information content (AvgIpc) is 3.13. The Morgan fingerprint density at radius 1 is 1.50 bits per heavy atom. The molecule has 1 aliphatic heterocycles. The lowest BCUT2D eigenvalue weighted by Gasteiger charge is -2.23. The van der Waals surface area contributed by atoms with Crippen molar-refractivity contribution in [3.8, 4) is 0 Å². The van der Waals surface area contributed by atoms with Crippen LogP contribution in [0.15, 0.2) is 6.20 Å². The van der Waals surface area contributed by atoms with Gasteiger partial charge in [-0.05, 0) is 32.2 Å². The quantitative estimate of drug-likeness (QED) is 0.831. The topological polar surface area (TPSA) is 59.0 Å². The minimum Gasteiger partial charge on any atom is -0.348 e. The lowest BCUT2D eigenvalue weighted by Crippen LogP contribution is -2.45. The van der Waals surface area contributed by atoms with Crippen LogP contribution in [0.2, 0.25) is 0 Å². The molecule has 2 aliphatic rings. The van der Waals surface area contributed by atoms with Gasteiger partial charge in [-0.1, -0.05) is 0 Å². The smallest absolute Gasteiger partial charge is 0.255 e. The van der Waals surface area contributed by atoms with Crippen LogP contribution in [0.25, 0.3) is 0 Å². The second-order valence-electron chi connectivity index (χ2n) is 5.36. The highest BCUT2D eigenvalue weighted by Gasteiger charge is 2.32. The summed E-state index contributed by atoms with van der Waals surface area (Å²) in [6, 6.07) is 0.263. The maximum atomic E-state index is 12.3. The molecule has 1 saturated heterocycles. The predicted octanol–water partition coefficient (Wildman–Crippen LogP) is 0.779. The third-order valence-corrected chi connectivity index (χ3v) is 3.83. The molecule has 1 aliphatic carbocycles. The highest BCUT2D eigenvalue weighted by atomic mass is 16.1. The van der Waals surface area contributed by atoms with E-state index in [-0.39, 0.29) is 11.9 Å². The number of piperidine rings is 1. The minimum atomic E-state index is 0.0405. The zero-order valence-corrected chi connectivity index (χ0v) is 10.8. The fraction of sp³-hybridized carbons (Fsp3) is 0.692. The van der Waals surface area contributed by atoms with E-state index < -0.39 is 0 Å². The molecule has 1 saturated carbocycles. The molecule has 0 aromatic carbocycles. The summed E-state index contributed by atoms with van der Waals surface area (Å²) in [5.74, 6) is 0.585. The second kappa shape index (κ2) is 4.72. The molecule has 2 heterocycles. The van der Waals surface area contributed by atoms with Gasteiger partial charge >= 0.3 is 0 Å². The highest BCUT2D eigenvalue weighted by Crippen LogP contribution is 2.41. The molecular formula is C13H20N4O. The van der Waals surface area contributed by atoms with Crippen LogP contribution in [0.3, 0.4) is 0 Å². The number of carbonyl (C=O) groups is 1. The van der Waals surface area contributed by atoms with Crippen molar-refractivity contribution in [2.75, 3.05) is 13.1 Å². The van der Waals surface area contributed by atoms with Crippen molar-refractivity contribution in [1.82, 2.24) is 20.4 Å². The molecular weight excluding hydrogens is 228 g/mol. The van der Waals surface area contributed by atoms with E-state index in [9.17, 15) is 4.79 Å². The number of hydrogen-bond donors (Lipinski definition) is 2. The number of nitrogens with zero attached hydrogens (tertiary/aromatic N) is 2. The number of nitrogens with one attached hydrogen (secondary N) is 2. The van der Waals surface area contributed by atoms with Crippen molar-refractivity contribution in [1.29, 1.82) is 0 Å². The fourth-order valence-electron chi connectivity index (χ4n) is 2.70. The molecule has 1 aromatic heterocycles. The third kappa shape index (κ3) is 2.27. The average molecular weight is 248 g/mol. The predicted molar refractivity (Wildman–Crippen MR) is 68.5 cm³/mol. The van der Waals surface area contributed by atoms with E-state index in [1.54, 1.807) is 6.20 Å². The molecule has 3 rings (SSSR count). The number of rotatable bonds is 3. The first-order valence-electron chi connectivity index (χ1n) is 6.79. The van der Waals surface area contributed by atoms with Crippen LogP contribution in [0.5, 0.6) is 0 Å². The minimum absolute atomic E-state index is 0.0405. The van der Waals surface area contributed by atoms with E-state index in [1.807, 2.05) is 11.7 Å². The van der Waals surface area contributed by atoms with Crippen molar-refractivity contribution < 1.29 is 4.79 Å². The first-order valence-corrected chi connectivity index (χ1v) is 6.79. The molecule has 0 unspecified atom stereocenters. The van der Waals surface area contributed by atoms with Gasteiger partial charge < -0.3 is 10.6 Å². The zero-order valence-electron chi connectivity index (χ0n) is 10.8. The summed E-state index contributed by atoms with van der Waals surface area (Å²) in [6.07, 6.45) is 6.28. The Morgan fingerprint density at radius 2 is 2.33 bits per heavy atom. The monoisotopic (exact) mass is 248 g/mol. The number of hydrogen-bond acceptors (Lipinski definition) is 3. The van der Waals surface area contributed by atoms with Gasteiger partial charge in [0.05, 0.1) is 17.5 Å². The van der Waals surface area contributed by atoms with Crippen LogP contribution in [0.1, 0.15) is 47.7 Å². The Bertz CT molecular complexity index is 444. The van der Waals surface area contributed by atoms with Gasteiger partial charge in [0.1, 0.15) is 0 Å². The van der Waals surface area contributed by atoms with E-state index in [1.165, 1.54) is 12.8 Å². The summed E-state index contributed by atoms with van der Waals surface area (Å²) in [6.45, 7) is 1.94. The molecule has 18 heavy (non-hydrogen) atoms. The molecule has 5 heteroatoms. The van der Waals surface area contributed by atoms with Gasteiger partial charge in [0, 0.05) is 25.6 Å². The molecule has 98 valence electrons. The molecule has 1 atom stereocenters. The van der Waals surface area contributed by atoms with Gasteiger partial charge in [0.25, 0.3) is 5.91 Å². The maximum Gasteiger partial charge on any atom is 0.255 e. The maximum absolute atomic E-state index is 12.3. The van der Waals surface area contributed by atoms with Crippen LogP contribution in [-0.4, -0.2) is 34.8 Å². The van der Waals surface area contributed by atoms with E-state index in [4.69, 9.17) is 0 Å². The number of carbonyl (C=O) groups excluding carboxylic acids is 1. The standard InChI is InChI=1S/C13H20N4O/c1-17-12(9-4-5-9)11(8-15-17)13(18)16-10-3-2-6-14-7-10/h8-10,14H,2-7H2,1H3,(H,16,18)/t10-/m0/s1. The van der Waals surface area contributed by atoms with Crippen LogP contribution in [0.4, 0.5) is 0 Å². The summed E-state index contributed by atoms with van der Waals surface area (Å²) in [4.78, 5) is 12.3. The first kappa shape index (κ1) is 11.7. The molecule has 1 amide bonds. The lowest BCUT2D eigenvalue weighted by molar-refractivity contribution is 0.0929. The van der Waals surface area contributed by atoms with Crippen molar-refractivity contribution in [2.45, 2.75) is 37.6 Å². The molecule has 0 bridgehead atoms. The van der Waals surface area contributed by atoms with Crippen molar-refractivity contribution in [2.24, 2.45) is 7.05 Å². The summed E-state index contributed by atoms with van der Waals surface area (Å²) in [7, 11) is 1.92. The molecule has 2 fully saturated rings. The Labute approximate surface area is 107 Å². The van der Waals surface area contributed by atoms with Gasteiger partial charge in [0.2, 0.25) is 0 Å². The van der Waals surface area contributed by atoms with E-state index >= 15 is 0 Å². The van der Waals surface area contributed by atoms with Crippen LogP contribution < -0.4 is 10.6 Å².